The van der Waals surface area contributed by atoms with E-state index in [4.69, 9.17) is 0 Å². The molecule has 0 fully saturated rings. The molecule has 0 saturated carbocycles. The lowest BCUT2D eigenvalue weighted by atomic mass is 9.63. The van der Waals surface area contributed by atoms with Crippen LogP contribution in [0.1, 0.15) is 33.4 Å². The van der Waals surface area contributed by atoms with Crippen LogP contribution in [0.5, 0.6) is 0 Å². The maximum atomic E-state index is 9.44. The van der Waals surface area contributed by atoms with Crippen molar-refractivity contribution >= 4 is 21.8 Å². The third-order valence-corrected chi connectivity index (χ3v) is 11.1. The minimum absolute atomic E-state index is 0.571. The van der Waals surface area contributed by atoms with E-state index < -0.39 is 5.41 Å². The third-order valence-electron chi connectivity index (χ3n) is 11.1. The van der Waals surface area contributed by atoms with Gasteiger partial charge in [-0.25, -0.2) is 0 Å². The van der Waals surface area contributed by atoms with Gasteiger partial charge in [0, 0.05) is 10.8 Å². The highest BCUT2D eigenvalue weighted by molar-refractivity contribution is 6.12. The smallest absolute Gasteiger partial charge is 0.0991 e. The first kappa shape index (κ1) is 31.3. The van der Waals surface area contributed by atoms with Crippen molar-refractivity contribution in [3.05, 3.63) is 221 Å². The molecule has 0 N–H and O–H groups in total. The van der Waals surface area contributed by atoms with E-state index in [0.29, 0.717) is 11.1 Å². The van der Waals surface area contributed by atoms with E-state index in [1.165, 1.54) is 49.7 Å². The molecule has 2 heterocycles. The number of aromatic nitrogens is 1. The minimum atomic E-state index is -0.571. The molecule has 1 aliphatic rings. The molecule has 1 atom stereocenters. The van der Waals surface area contributed by atoms with Crippen LogP contribution in [0, 0.1) is 22.7 Å². The Morgan fingerprint density at radius 2 is 0.870 bits per heavy atom. The Morgan fingerprint density at radius 1 is 0.389 bits per heavy atom. The van der Waals surface area contributed by atoms with Crippen LogP contribution < -0.4 is 0 Å². The van der Waals surface area contributed by atoms with Crippen LogP contribution >= 0.6 is 0 Å². The second-order valence-corrected chi connectivity index (χ2v) is 13.9. The van der Waals surface area contributed by atoms with Crippen molar-refractivity contribution in [2.45, 2.75) is 5.41 Å². The Labute approximate surface area is 313 Å². The van der Waals surface area contributed by atoms with Crippen LogP contribution in [0.3, 0.4) is 0 Å². The van der Waals surface area contributed by atoms with Crippen molar-refractivity contribution in [2.75, 3.05) is 0 Å². The number of nitriles is 2. The number of benzene rings is 8. The van der Waals surface area contributed by atoms with Gasteiger partial charge >= 0.3 is 0 Å². The van der Waals surface area contributed by atoms with Gasteiger partial charge in [0.25, 0.3) is 0 Å². The molecule has 0 aliphatic carbocycles. The normalized spacial score (nSPS) is 14.3. The van der Waals surface area contributed by atoms with E-state index in [1.54, 1.807) is 0 Å². The summed E-state index contributed by atoms with van der Waals surface area (Å²) in [4.78, 5) is 0. The Balaban J connectivity index is 1.20. The molecule has 1 unspecified atom stereocenters. The molecule has 250 valence electrons. The molecule has 0 bridgehead atoms. The molecule has 0 spiro atoms. The topological polar surface area (TPSA) is 52.5 Å². The van der Waals surface area contributed by atoms with Crippen LogP contribution in [0.25, 0.3) is 60.9 Å². The molecule has 3 nitrogen and oxygen atoms in total. The summed E-state index contributed by atoms with van der Waals surface area (Å²) in [5.74, 6) is 0. The summed E-state index contributed by atoms with van der Waals surface area (Å²) in [7, 11) is 0. The number of hydrogen-bond acceptors (Lipinski definition) is 2. The van der Waals surface area contributed by atoms with Crippen molar-refractivity contribution in [3.63, 3.8) is 0 Å². The van der Waals surface area contributed by atoms with E-state index >= 15 is 0 Å². The highest BCUT2D eigenvalue weighted by Gasteiger charge is 2.45. The Morgan fingerprint density at radius 3 is 1.48 bits per heavy atom. The second-order valence-electron chi connectivity index (χ2n) is 13.9. The summed E-state index contributed by atoms with van der Waals surface area (Å²) < 4.78 is 2.46. The number of fused-ring (bicyclic) bond motifs is 5. The predicted octanol–water partition coefficient (Wildman–Crippen LogP) is 12.2. The summed E-state index contributed by atoms with van der Waals surface area (Å²) in [6.07, 6.45) is 0. The average Bonchev–Trinajstić information content (AvgIpc) is 3.60. The molecule has 0 saturated heterocycles. The Bertz CT molecular complexity index is 2900. The predicted molar refractivity (Wildman–Crippen MR) is 218 cm³/mol. The summed E-state index contributed by atoms with van der Waals surface area (Å²) >= 11 is 0. The fraction of sp³-hybridized carbons (Fsp3) is 0.0196. The maximum Gasteiger partial charge on any atom is 0.0991 e. The lowest BCUT2D eigenvalue weighted by Gasteiger charge is -2.41. The van der Waals surface area contributed by atoms with Crippen LogP contribution in [-0.4, -0.2) is 4.57 Å². The van der Waals surface area contributed by atoms with Gasteiger partial charge in [0.2, 0.25) is 0 Å². The van der Waals surface area contributed by atoms with Crippen molar-refractivity contribution in [1.29, 1.82) is 10.5 Å². The first-order valence-corrected chi connectivity index (χ1v) is 18.1. The fourth-order valence-electron chi connectivity index (χ4n) is 8.69. The lowest BCUT2D eigenvalue weighted by Crippen LogP contribution is -2.35. The Hall–Kier alpha value is -7.46. The van der Waals surface area contributed by atoms with E-state index in [2.05, 4.69) is 156 Å². The van der Waals surface area contributed by atoms with Crippen molar-refractivity contribution in [3.8, 4) is 51.2 Å². The molecule has 3 heteroatoms. The van der Waals surface area contributed by atoms with Crippen LogP contribution in [0.4, 0.5) is 0 Å². The zero-order valence-electron chi connectivity index (χ0n) is 29.2. The molecule has 0 radical (unpaired) electrons. The van der Waals surface area contributed by atoms with Gasteiger partial charge in [-0.15, -0.1) is 0 Å². The molecule has 1 aromatic heterocycles. The van der Waals surface area contributed by atoms with Gasteiger partial charge in [-0.05, 0) is 110 Å². The lowest BCUT2D eigenvalue weighted by molar-refractivity contribution is 0.728. The summed E-state index contributed by atoms with van der Waals surface area (Å²) in [5, 5.41) is 21.4. The number of para-hydroxylation sites is 3. The van der Waals surface area contributed by atoms with E-state index in [0.717, 1.165) is 33.4 Å². The summed E-state index contributed by atoms with van der Waals surface area (Å²) in [6.45, 7) is 0. The van der Waals surface area contributed by atoms with Crippen LogP contribution in [0.15, 0.2) is 188 Å². The van der Waals surface area contributed by atoms with Crippen LogP contribution in [-0.2, 0) is 5.41 Å². The standard InChI is InChI=1S/C51H31N3/c52-32-34-17-21-36(22-18-34)39-29-40(37-23-19-35(33-53)20-24-37)31-41(30-39)38-25-27-43(28-26-38)51(42-9-2-1-3-10-42)46-13-5-7-16-49(46)54-48-15-6-4-11-44(48)45-12-8-14-47(51)50(45)54/h1-31H. The van der Waals surface area contributed by atoms with Crippen molar-refractivity contribution in [1.82, 2.24) is 4.57 Å². The SMILES string of the molecule is N#Cc1ccc(-c2cc(-c3ccc(C#N)cc3)cc(-c3ccc(C4(c5ccccc5)c5ccccc5-n5c6ccccc6c6cccc4c65)cc3)c2)cc1. The molecule has 9 aromatic rings. The van der Waals surface area contributed by atoms with Gasteiger partial charge in [0.15, 0.2) is 0 Å². The fourth-order valence-corrected chi connectivity index (χ4v) is 8.69. The second kappa shape index (κ2) is 12.3. The van der Waals surface area contributed by atoms with Gasteiger partial charge < -0.3 is 4.57 Å². The van der Waals surface area contributed by atoms with E-state index in [1.807, 2.05) is 48.5 Å². The van der Waals surface area contributed by atoms with Crippen molar-refractivity contribution < 1.29 is 0 Å². The molecular formula is C51H31N3. The monoisotopic (exact) mass is 685 g/mol. The summed E-state index contributed by atoms with van der Waals surface area (Å²) in [5.41, 5.74) is 15.6. The molecule has 0 amide bonds. The first-order valence-electron chi connectivity index (χ1n) is 18.1. The molecule has 1 aliphatic heterocycles. The molecule has 54 heavy (non-hydrogen) atoms. The quantitative estimate of drug-likeness (QED) is 0.181. The molecular weight excluding hydrogens is 655 g/mol. The first-order chi connectivity index (χ1) is 26.7. The zero-order chi connectivity index (χ0) is 36.2. The highest BCUT2D eigenvalue weighted by Crippen LogP contribution is 2.54. The Kier molecular flexibility index (Phi) is 7.15. The largest absolute Gasteiger partial charge is 0.309 e. The number of nitrogens with zero attached hydrogens (tertiary/aromatic N) is 3. The molecule has 10 rings (SSSR count). The number of rotatable bonds is 5. The van der Waals surface area contributed by atoms with Crippen LogP contribution in [0.2, 0.25) is 0 Å². The number of hydrogen-bond donors (Lipinski definition) is 0. The average molecular weight is 686 g/mol. The van der Waals surface area contributed by atoms with Crippen molar-refractivity contribution in [2.24, 2.45) is 0 Å². The van der Waals surface area contributed by atoms with Gasteiger partial charge in [-0.1, -0.05) is 133 Å². The van der Waals surface area contributed by atoms with Gasteiger partial charge in [-0.2, -0.15) is 10.5 Å². The minimum Gasteiger partial charge on any atom is -0.309 e. The maximum absolute atomic E-state index is 9.44. The van der Waals surface area contributed by atoms with Gasteiger partial charge in [0.1, 0.15) is 0 Å². The summed E-state index contributed by atoms with van der Waals surface area (Å²) in [6, 6.07) is 71.1. The third kappa shape index (κ3) is 4.66. The van der Waals surface area contributed by atoms with Gasteiger partial charge in [0.05, 0.1) is 45.4 Å². The van der Waals surface area contributed by atoms with Gasteiger partial charge in [-0.3, -0.25) is 0 Å². The highest BCUT2D eigenvalue weighted by atomic mass is 15.0. The van der Waals surface area contributed by atoms with E-state index in [-0.39, 0.29) is 0 Å². The van der Waals surface area contributed by atoms with E-state index in [9.17, 15) is 10.5 Å². The zero-order valence-corrected chi connectivity index (χ0v) is 29.2. The molecule has 8 aromatic carbocycles.